The molecule has 0 atom stereocenters. The number of anilines is 1. The Morgan fingerprint density at radius 1 is 1.39 bits per heavy atom. The number of unbranched alkanes of at least 4 members (excludes halogenated alkanes) is 1. The Bertz CT molecular complexity index is 437. The number of rotatable bonds is 6. The maximum absolute atomic E-state index is 12.0. The van der Waals surface area contributed by atoms with Crippen LogP contribution in [0.2, 0.25) is 0 Å². The summed E-state index contributed by atoms with van der Waals surface area (Å²) in [5.74, 6) is 0.0498. The van der Waals surface area contributed by atoms with Crippen molar-refractivity contribution in [3.05, 3.63) is 29.8 Å². The number of carbonyl (C=O) groups is 1. The van der Waals surface area contributed by atoms with Crippen LogP contribution in [0.15, 0.2) is 24.3 Å². The van der Waals surface area contributed by atoms with Crippen molar-refractivity contribution in [3.63, 3.8) is 0 Å². The molecule has 1 amide bonds. The fourth-order valence-corrected chi connectivity index (χ4v) is 1.74. The summed E-state index contributed by atoms with van der Waals surface area (Å²) >= 11 is 0. The Morgan fingerprint density at radius 3 is 2.78 bits per heavy atom. The lowest BCUT2D eigenvalue weighted by Gasteiger charge is -2.18. The molecule has 0 spiro atoms. The maximum atomic E-state index is 12.0. The van der Waals surface area contributed by atoms with Crippen LogP contribution in [0.5, 0.6) is 0 Å². The molecular formula is C14H19N3O. The molecule has 18 heavy (non-hydrogen) atoms. The van der Waals surface area contributed by atoms with Gasteiger partial charge < -0.3 is 10.2 Å². The molecule has 0 aliphatic heterocycles. The van der Waals surface area contributed by atoms with Crippen molar-refractivity contribution in [3.8, 4) is 6.07 Å². The summed E-state index contributed by atoms with van der Waals surface area (Å²) in [4.78, 5) is 13.5. The van der Waals surface area contributed by atoms with Crippen molar-refractivity contribution < 1.29 is 4.79 Å². The van der Waals surface area contributed by atoms with Crippen LogP contribution in [0.4, 0.5) is 5.69 Å². The zero-order chi connectivity index (χ0) is 13.4. The molecule has 0 unspecified atom stereocenters. The lowest BCUT2D eigenvalue weighted by molar-refractivity contribution is -0.118. The summed E-state index contributed by atoms with van der Waals surface area (Å²) in [7, 11) is 3.62. The summed E-state index contributed by atoms with van der Waals surface area (Å²) < 4.78 is 0. The van der Waals surface area contributed by atoms with Crippen LogP contribution in [0, 0.1) is 11.3 Å². The van der Waals surface area contributed by atoms with Gasteiger partial charge in [-0.3, -0.25) is 4.79 Å². The predicted octanol–water partition coefficient (Wildman–Crippen LogP) is 1.91. The topological polar surface area (TPSA) is 56.1 Å². The second kappa shape index (κ2) is 7.46. The highest BCUT2D eigenvalue weighted by Gasteiger charge is 2.13. The van der Waals surface area contributed by atoms with Crippen LogP contribution in [0.3, 0.4) is 0 Å². The number of para-hydroxylation sites is 1. The highest BCUT2D eigenvalue weighted by Crippen LogP contribution is 2.19. The third-order valence-corrected chi connectivity index (χ3v) is 2.83. The van der Waals surface area contributed by atoms with Gasteiger partial charge in [-0.25, -0.2) is 0 Å². The van der Waals surface area contributed by atoms with E-state index < -0.39 is 0 Å². The minimum Gasteiger partial charge on any atom is -0.320 e. The van der Waals surface area contributed by atoms with E-state index in [0.717, 1.165) is 19.4 Å². The Kier molecular flexibility index (Phi) is 5.89. The molecule has 1 aromatic carbocycles. The van der Waals surface area contributed by atoms with Crippen LogP contribution >= 0.6 is 0 Å². The molecule has 0 heterocycles. The summed E-state index contributed by atoms with van der Waals surface area (Å²) in [5, 5.41) is 12.1. The number of nitriles is 1. The summed E-state index contributed by atoms with van der Waals surface area (Å²) in [6, 6.07) is 9.26. The number of amides is 1. The van der Waals surface area contributed by atoms with Gasteiger partial charge >= 0.3 is 0 Å². The van der Waals surface area contributed by atoms with E-state index in [1.165, 1.54) is 0 Å². The van der Waals surface area contributed by atoms with Gasteiger partial charge in [-0.05, 0) is 38.6 Å². The fourth-order valence-electron chi connectivity index (χ4n) is 1.74. The average Bonchev–Trinajstić information content (AvgIpc) is 2.42. The number of hydrogen-bond acceptors (Lipinski definition) is 3. The van der Waals surface area contributed by atoms with Crippen LogP contribution in [0.25, 0.3) is 0 Å². The van der Waals surface area contributed by atoms with Crippen molar-refractivity contribution in [1.29, 1.82) is 5.26 Å². The molecule has 0 bridgehead atoms. The zero-order valence-electron chi connectivity index (χ0n) is 10.9. The molecule has 4 heteroatoms. The Hall–Kier alpha value is -1.86. The minimum absolute atomic E-state index is 0.0498. The van der Waals surface area contributed by atoms with E-state index in [1.54, 1.807) is 30.1 Å². The standard InChI is InChI=1S/C14H19N3O/c1-16-10-6-5-9-14(18)17(2)13-8-4-3-7-12(13)11-15/h3-4,7-8,16H,5-6,9-10H2,1-2H3. The van der Waals surface area contributed by atoms with Gasteiger partial charge in [-0.15, -0.1) is 0 Å². The van der Waals surface area contributed by atoms with E-state index in [2.05, 4.69) is 11.4 Å². The van der Waals surface area contributed by atoms with Crippen molar-refractivity contribution in [2.45, 2.75) is 19.3 Å². The molecule has 0 radical (unpaired) electrons. The monoisotopic (exact) mass is 245 g/mol. The Balaban J connectivity index is 2.61. The van der Waals surface area contributed by atoms with E-state index in [0.29, 0.717) is 17.7 Å². The normalized spacial score (nSPS) is 9.83. The van der Waals surface area contributed by atoms with E-state index in [4.69, 9.17) is 5.26 Å². The summed E-state index contributed by atoms with van der Waals surface area (Å²) in [5.41, 5.74) is 1.21. The van der Waals surface area contributed by atoms with E-state index in [1.807, 2.05) is 13.1 Å². The number of nitrogens with zero attached hydrogens (tertiary/aromatic N) is 2. The molecule has 0 aliphatic rings. The van der Waals surface area contributed by atoms with Gasteiger partial charge in [-0.2, -0.15) is 5.26 Å². The third-order valence-electron chi connectivity index (χ3n) is 2.83. The van der Waals surface area contributed by atoms with Gasteiger partial charge in [0.1, 0.15) is 6.07 Å². The highest BCUT2D eigenvalue weighted by molar-refractivity contribution is 5.94. The van der Waals surface area contributed by atoms with E-state index in [9.17, 15) is 4.79 Å². The average molecular weight is 245 g/mol. The molecule has 1 rings (SSSR count). The van der Waals surface area contributed by atoms with Crippen molar-refractivity contribution in [2.75, 3.05) is 25.5 Å². The first kappa shape index (κ1) is 14.2. The molecule has 0 aromatic heterocycles. The van der Waals surface area contributed by atoms with Gasteiger partial charge in [0, 0.05) is 13.5 Å². The zero-order valence-corrected chi connectivity index (χ0v) is 10.9. The maximum Gasteiger partial charge on any atom is 0.226 e. The van der Waals surface area contributed by atoms with Gasteiger partial charge in [0.15, 0.2) is 0 Å². The minimum atomic E-state index is 0.0498. The second-order valence-electron chi connectivity index (χ2n) is 4.14. The van der Waals surface area contributed by atoms with Crippen molar-refractivity contribution in [1.82, 2.24) is 5.32 Å². The number of carbonyl (C=O) groups excluding carboxylic acids is 1. The fraction of sp³-hybridized carbons (Fsp3) is 0.429. The third kappa shape index (κ3) is 3.86. The van der Waals surface area contributed by atoms with Gasteiger partial charge in [0.05, 0.1) is 11.3 Å². The van der Waals surface area contributed by atoms with Crippen LogP contribution < -0.4 is 10.2 Å². The Morgan fingerprint density at radius 2 is 2.11 bits per heavy atom. The quantitative estimate of drug-likeness (QED) is 0.779. The smallest absolute Gasteiger partial charge is 0.226 e. The lowest BCUT2D eigenvalue weighted by atomic mass is 10.1. The molecule has 0 saturated carbocycles. The molecule has 1 N–H and O–H groups in total. The van der Waals surface area contributed by atoms with Gasteiger partial charge in [0.25, 0.3) is 0 Å². The number of hydrogen-bond donors (Lipinski definition) is 1. The first-order valence-corrected chi connectivity index (χ1v) is 6.11. The largest absolute Gasteiger partial charge is 0.320 e. The SMILES string of the molecule is CNCCCCC(=O)N(C)c1ccccc1C#N. The van der Waals surface area contributed by atoms with E-state index in [-0.39, 0.29) is 5.91 Å². The molecule has 0 fully saturated rings. The molecule has 4 nitrogen and oxygen atoms in total. The molecule has 0 saturated heterocycles. The second-order valence-corrected chi connectivity index (χ2v) is 4.14. The van der Waals surface area contributed by atoms with Crippen molar-refractivity contribution >= 4 is 11.6 Å². The molecular weight excluding hydrogens is 226 g/mol. The molecule has 96 valence electrons. The number of benzene rings is 1. The molecule has 1 aromatic rings. The summed E-state index contributed by atoms with van der Waals surface area (Å²) in [6.07, 6.45) is 2.35. The van der Waals surface area contributed by atoms with Crippen LogP contribution in [-0.4, -0.2) is 26.5 Å². The molecule has 0 aliphatic carbocycles. The summed E-state index contributed by atoms with van der Waals surface area (Å²) in [6.45, 7) is 0.922. The number of nitrogens with one attached hydrogen (secondary N) is 1. The highest BCUT2D eigenvalue weighted by atomic mass is 16.2. The van der Waals surface area contributed by atoms with Crippen molar-refractivity contribution in [2.24, 2.45) is 0 Å². The first-order valence-electron chi connectivity index (χ1n) is 6.11. The first-order chi connectivity index (χ1) is 8.70. The van der Waals surface area contributed by atoms with E-state index >= 15 is 0 Å². The Labute approximate surface area is 108 Å². The van der Waals surface area contributed by atoms with Gasteiger partial charge in [-0.1, -0.05) is 12.1 Å². The van der Waals surface area contributed by atoms with Crippen LogP contribution in [0.1, 0.15) is 24.8 Å². The van der Waals surface area contributed by atoms with Crippen LogP contribution in [-0.2, 0) is 4.79 Å². The van der Waals surface area contributed by atoms with Gasteiger partial charge in [0.2, 0.25) is 5.91 Å². The predicted molar refractivity (Wildman–Crippen MR) is 72.3 cm³/mol. The lowest BCUT2D eigenvalue weighted by Crippen LogP contribution is -2.26.